The Hall–Kier alpha value is -2.47. The average molecular weight is 354 g/mol. The fourth-order valence-corrected chi connectivity index (χ4v) is 3.35. The van der Waals surface area contributed by atoms with Crippen LogP contribution in [-0.4, -0.2) is 22.0 Å². The quantitative estimate of drug-likeness (QED) is 0.534. The lowest BCUT2D eigenvalue weighted by Gasteiger charge is -2.08. The molecule has 1 aromatic heterocycles. The Morgan fingerprint density at radius 2 is 1.80 bits per heavy atom. The summed E-state index contributed by atoms with van der Waals surface area (Å²) in [7, 11) is 1.63. The molecule has 0 unspecified atom stereocenters. The minimum atomic E-state index is 0.539. The van der Waals surface area contributed by atoms with Gasteiger partial charge in [-0.1, -0.05) is 62.0 Å². The number of hydrogen-bond donors (Lipinski definition) is 1. The van der Waals surface area contributed by atoms with Gasteiger partial charge in [0.1, 0.15) is 5.75 Å². The van der Waals surface area contributed by atoms with Crippen LogP contribution in [0.3, 0.4) is 0 Å². The van der Waals surface area contributed by atoms with E-state index in [0.29, 0.717) is 16.9 Å². The van der Waals surface area contributed by atoms with Crippen molar-refractivity contribution in [3.05, 3.63) is 59.7 Å². The SMILES string of the molecule is COc1ccccc1-c1nnc(SCc2ccc(C(C)C)cc2)n1N. The van der Waals surface area contributed by atoms with E-state index in [0.717, 1.165) is 17.1 Å². The molecule has 5 nitrogen and oxygen atoms in total. The Bertz CT molecular complexity index is 843. The van der Waals surface area contributed by atoms with Gasteiger partial charge in [0.25, 0.3) is 0 Å². The lowest BCUT2D eigenvalue weighted by atomic mass is 10.0. The van der Waals surface area contributed by atoms with Crippen LogP contribution in [0.25, 0.3) is 11.4 Å². The second-order valence-electron chi connectivity index (χ2n) is 6.06. The first kappa shape index (κ1) is 17.4. The van der Waals surface area contributed by atoms with E-state index >= 15 is 0 Å². The molecule has 0 fully saturated rings. The lowest BCUT2D eigenvalue weighted by molar-refractivity contribution is 0.416. The van der Waals surface area contributed by atoms with Gasteiger partial charge in [-0.15, -0.1) is 10.2 Å². The number of aromatic nitrogens is 3. The standard InChI is InChI=1S/C19H22N4OS/c1-13(2)15-10-8-14(9-11-15)12-25-19-22-21-18(23(19)20)16-6-4-5-7-17(16)24-3/h4-11,13H,12,20H2,1-3H3. The predicted octanol–water partition coefficient (Wildman–Crippen LogP) is 4.08. The molecule has 2 aromatic carbocycles. The van der Waals surface area contributed by atoms with E-state index < -0.39 is 0 Å². The summed E-state index contributed by atoms with van der Waals surface area (Å²) in [4.78, 5) is 0. The number of nitrogens with two attached hydrogens (primary N) is 1. The summed E-state index contributed by atoms with van der Waals surface area (Å²) >= 11 is 1.57. The zero-order chi connectivity index (χ0) is 17.8. The van der Waals surface area contributed by atoms with Crippen molar-refractivity contribution < 1.29 is 4.74 Å². The molecule has 6 heteroatoms. The summed E-state index contributed by atoms with van der Waals surface area (Å²) in [6, 6.07) is 16.3. The van der Waals surface area contributed by atoms with E-state index in [-0.39, 0.29) is 0 Å². The van der Waals surface area contributed by atoms with Crippen LogP contribution in [0.5, 0.6) is 5.75 Å². The molecule has 0 saturated carbocycles. The second-order valence-corrected chi connectivity index (χ2v) is 7.00. The molecule has 0 saturated heterocycles. The van der Waals surface area contributed by atoms with Gasteiger partial charge in [-0.05, 0) is 29.2 Å². The van der Waals surface area contributed by atoms with Crippen molar-refractivity contribution in [2.24, 2.45) is 0 Å². The molecular formula is C19H22N4OS. The maximum absolute atomic E-state index is 6.20. The summed E-state index contributed by atoms with van der Waals surface area (Å²) in [5.74, 6) is 8.85. The highest BCUT2D eigenvalue weighted by Gasteiger charge is 2.15. The third-order valence-electron chi connectivity index (χ3n) is 4.03. The van der Waals surface area contributed by atoms with Crippen molar-refractivity contribution in [1.82, 2.24) is 14.9 Å². The monoisotopic (exact) mass is 354 g/mol. The molecule has 0 spiro atoms. The van der Waals surface area contributed by atoms with Gasteiger partial charge in [0.15, 0.2) is 5.82 Å². The summed E-state index contributed by atoms with van der Waals surface area (Å²) in [5.41, 5.74) is 3.40. The van der Waals surface area contributed by atoms with Gasteiger partial charge in [-0.2, -0.15) is 0 Å². The van der Waals surface area contributed by atoms with Gasteiger partial charge >= 0.3 is 0 Å². The minimum Gasteiger partial charge on any atom is -0.496 e. The Morgan fingerprint density at radius 3 is 2.48 bits per heavy atom. The molecule has 0 aliphatic rings. The molecule has 1 heterocycles. The number of thioether (sulfide) groups is 1. The van der Waals surface area contributed by atoms with E-state index in [4.69, 9.17) is 10.6 Å². The van der Waals surface area contributed by atoms with Crippen LogP contribution in [0.1, 0.15) is 30.9 Å². The third-order valence-corrected chi connectivity index (χ3v) is 5.04. The average Bonchev–Trinajstić information content (AvgIpc) is 3.00. The first-order valence-electron chi connectivity index (χ1n) is 8.15. The van der Waals surface area contributed by atoms with Gasteiger partial charge in [-0.3, -0.25) is 0 Å². The molecule has 25 heavy (non-hydrogen) atoms. The van der Waals surface area contributed by atoms with Crippen molar-refractivity contribution in [2.75, 3.05) is 13.0 Å². The molecule has 2 N–H and O–H groups in total. The van der Waals surface area contributed by atoms with E-state index in [1.54, 1.807) is 18.9 Å². The Morgan fingerprint density at radius 1 is 1.08 bits per heavy atom. The number of methoxy groups -OCH3 is 1. The highest BCUT2D eigenvalue weighted by atomic mass is 32.2. The first-order chi connectivity index (χ1) is 12.1. The van der Waals surface area contributed by atoms with Crippen molar-refractivity contribution in [3.63, 3.8) is 0 Å². The summed E-state index contributed by atoms with van der Waals surface area (Å²) in [5, 5.41) is 9.13. The molecule has 3 aromatic rings. The smallest absolute Gasteiger partial charge is 0.210 e. The molecule has 0 radical (unpaired) electrons. The fourth-order valence-electron chi connectivity index (χ4n) is 2.54. The Balaban J connectivity index is 1.75. The van der Waals surface area contributed by atoms with Crippen LogP contribution in [-0.2, 0) is 5.75 Å². The first-order valence-corrected chi connectivity index (χ1v) is 9.14. The van der Waals surface area contributed by atoms with Crippen LogP contribution in [0.2, 0.25) is 0 Å². The highest BCUT2D eigenvalue weighted by Crippen LogP contribution is 2.30. The predicted molar refractivity (Wildman–Crippen MR) is 102 cm³/mol. The number of rotatable bonds is 6. The highest BCUT2D eigenvalue weighted by molar-refractivity contribution is 7.98. The van der Waals surface area contributed by atoms with Gasteiger partial charge < -0.3 is 10.6 Å². The van der Waals surface area contributed by atoms with E-state index in [2.05, 4.69) is 48.3 Å². The molecule has 130 valence electrons. The van der Waals surface area contributed by atoms with Crippen molar-refractivity contribution in [3.8, 4) is 17.1 Å². The fraction of sp³-hybridized carbons (Fsp3) is 0.263. The normalized spacial score (nSPS) is 11.0. The third kappa shape index (κ3) is 3.79. The Labute approximate surface area is 152 Å². The lowest BCUT2D eigenvalue weighted by Crippen LogP contribution is -2.12. The maximum atomic E-state index is 6.20. The molecular weight excluding hydrogens is 332 g/mol. The number of nitrogen functional groups attached to an aromatic ring is 1. The maximum Gasteiger partial charge on any atom is 0.210 e. The van der Waals surface area contributed by atoms with Crippen molar-refractivity contribution >= 4 is 11.8 Å². The number of ether oxygens (including phenoxy) is 1. The van der Waals surface area contributed by atoms with Crippen molar-refractivity contribution in [2.45, 2.75) is 30.7 Å². The second kappa shape index (κ2) is 7.61. The largest absolute Gasteiger partial charge is 0.496 e. The van der Waals surface area contributed by atoms with E-state index in [1.165, 1.54) is 15.8 Å². The number of hydrogen-bond acceptors (Lipinski definition) is 5. The topological polar surface area (TPSA) is 66.0 Å². The molecule has 0 bridgehead atoms. The van der Waals surface area contributed by atoms with E-state index in [1.807, 2.05) is 24.3 Å². The van der Waals surface area contributed by atoms with Crippen LogP contribution < -0.4 is 10.6 Å². The zero-order valence-corrected chi connectivity index (χ0v) is 15.5. The van der Waals surface area contributed by atoms with E-state index in [9.17, 15) is 0 Å². The minimum absolute atomic E-state index is 0.539. The number of benzene rings is 2. The molecule has 3 rings (SSSR count). The summed E-state index contributed by atoms with van der Waals surface area (Å²) in [6.45, 7) is 4.39. The van der Waals surface area contributed by atoms with Crippen LogP contribution in [0, 0.1) is 0 Å². The van der Waals surface area contributed by atoms with Gasteiger partial charge in [-0.25, -0.2) is 4.68 Å². The molecule has 0 aliphatic heterocycles. The number of nitrogens with zero attached hydrogens (tertiary/aromatic N) is 3. The van der Waals surface area contributed by atoms with Crippen LogP contribution in [0.15, 0.2) is 53.7 Å². The zero-order valence-electron chi connectivity index (χ0n) is 14.6. The van der Waals surface area contributed by atoms with Crippen LogP contribution >= 0.6 is 11.8 Å². The van der Waals surface area contributed by atoms with Crippen LogP contribution in [0.4, 0.5) is 0 Å². The molecule has 0 atom stereocenters. The van der Waals surface area contributed by atoms with Gasteiger partial charge in [0.05, 0.1) is 12.7 Å². The van der Waals surface area contributed by atoms with Crippen molar-refractivity contribution in [1.29, 1.82) is 0 Å². The molecule has 0 amide bonds. The van der Waals surface area contributed by atoms with Gasteiger partial charge in [0, 0.05) is 5.75 Å². The Kier molecular flexibility index (Phi) is 5.28. The molecule has 0 aliphatic carbocycles. The summed E-state index contributed by atoms with van der Waals surface area (Å²) < 4.78 is 6.90. The van der Waals surface area contributed by atoms with Gasteiger partial charge in [0.2, 0.25) is 5.16 Å². The number of para-hydroxylation sites is 1. The summed E-state index contributed by atoms with van der Waals surface area (Å²) in [6.07, 6.45) is 0.